The number of aliphatic hydroxyl groups excluding tert-OH is 1. The summed E-state index contributed by atoms with van der Waals surface area (Å²) in [6, 6.07) is 7.89. The molecule has 1 aromatic carbocycles. The van der Waals surface area contributed by atoms with Crippen LogP contribution in [-0.4, -0.2) is 11.7 Å². The fraction of sp³-hybridized carbons (Fsp3) is 0.500. The van der Waals surface area contributed by atoms with Gasteiger partial charge in [0.2, 0.25) is 0 Å². The Morgan fingerprint density at radius 1 is 1.21 bits per heavy atom. The standard InChI is InChI=1S/C10H15NO.C2H6/c11-10-6-3-5-9(8-10)4-1-2-7-12;1-2/h3,5-6,8,12H,1-2,4,7,11H2;1-2H3. The summed E-state index contributed by atoms with van der Waals surface area (Å²) in [7, 11) is 0. The van der Waals surface area contributed by atoms with E-state index in [1.165, 1.54) is 5.56 Å². The second-order valence-electron chi connectivity index (χ2n) is 2.93. The van der Waals surface area contributed by atoms with Gasteiger partial charge in [0, 0.05) is 12.3 Å². The van der Waals surface area contributed by atoms with Crippen molar-refractivity contribution in [1.82, 2.24) is 0 Å². The Labute approximate surface area is 86.8 Å². The van der Waals surface area contributed by atoms with E-state index < -0.39 is 0 Å². The van der Waals surface area contributed by atoms with Crippen LogP contribution in [0.3, 0.4) is 0 Å². The zero-order valence-corrected chi connectivity index (χ0v) is 9.16. The van der Waals surface area contributed by atoms with Crippen LogP contribution in [0.1, 0.15) is 32.3 Å². The number of unbranched alkanes of at least 4 members (excludes halogenated alkanes) is 1. The average molecular weight is 195 g/mol. The number of aliphatic hydroxyl groups is 1. The fourth-order valence-electron chi connectivity index (χ4n) is 1.19. The van der Waals surface area contributed by atoms with E-state index in [2.05, 4.69) is 6.07 Å². The van der Waals surface area contributed by atoms with Crippen LogP contribution in [0.2, 0.25) is 0 Å². The topological polar surface area (TPSA) is 46.2 Å². The van der Waals surface area contributed by atoms with Crippen LogP contribution in [0.4, 0.5) is 5.69 Å². The first-order valence-electron chi connectivity index (χ1n) is 5.28. The van der Waals surface area contributed by atoms with Gasteiger partial charge in [-0.2, -0.15) is 0 Å². The number of hydrogen-bond acceptors (Lipinski definition) is 2. The number of anilines is 1. The predicted molar refractivity (Wildman–Crippen MR) is 62.2 cm³/mol. The average Bonchev–Trinajstić information content (AvgIpc) is 2.21. The highest BCUT2D eigenvalue weighted by Crippen LogP contribution is 2.09. The zero-order chi connectivity index (χ0) is 10.8. The molecular formula is C12H21NO. The van der Waals surface area contributed by atoms with E-state index in [1.807, 2.05) is 32.0 Å². The van der Waals surface area contributed by atoms with E-state index in [0.717, 1.165) is 24.9 Å². The first-order chi connectivity index (χ1) is 6.83. The minimum absolute atomic E-state index is 0.280. The van der Waals surface area contributed by atoms with Gasteiger partial charge < -0.3 is 10.8 Å². The summed E-state index contributed by atoms with van der Waals surface area (Å²) in [5, 5.41) is 8.57. The molecular weight excluding hydrogens is 174 g/mol. The maximum Gasteiger partial charge on any atom is 0.0431 e. The molecule has 0 fully saturated rings. The molecule has 80 valence electrons. The molecule has 0 aliphatic rings. The van der Waals surface area contributed by atoms with Gasteiger partial charge in [-0.25, -0.2) is 0 Å². The van der Waals surface area contributed by atoms with Crippen molar-refractivity contribution in [2.75, 3.05) is 12.3 Å². The molecule has 1 rings (SSSR count). The normalized spacial score (nSPS) is 9.07. The third-order valence-corrected chi connectivity index (χ3v) is 1.82. The molecule has 0 aliphatic carbocycles. The second kappa shape index (κ2) is 8.57. The lowest BCUT2D eigenvalue weighted by atomic mass is 10.1. The Kier molecular flexibility index (Phi) is 7.95. The van der Waals surface area contributed by atoms with Crippen molar-refractivity contribution in [3.63, 3.8) is 0 Å². The zero-order valence-electron chi connectivity index (χ0n) is 9.16. The minimum atomic E-state index is 0.280. The van der Waals surface area contributed by atoms with Crippen LogP contribution in [-0.2, 0) is 6.42 Å². The van der Waals surface area contributed by atoms with E-state index in [-0.39, 0.29) is 6.61 Å². The third-order valence-electron chi connectivity index (χ3n) is 1.82. The lowest BCUT2D eigenvalue weighted by molar-refractivity contribution is 0.284. The van der Waals surface area contributed by atoms with Crippen molar-refractivity contribution in [2.24, 2.45) is 0 Å². The molecule has 1 aromatic rings. The van der Waals surface area contributed by atoms with Gasteiger partial charge in [-0.3, -0.25) is 0 Å². The van der Waals surface area contributed by atoms with Crippen molar-refractivity contribution >= 4 is 5.69 Å². The molecule has 2 nitrogen and oxygen atoms in total. The fourth-order valence-corrected chi connectivity index (χ4v) is 1.19. The van der Waals surface area contributed by atoms with E-state index in [9.17, 15) is 0 Å². The molecule has 0 aromatic heterocycles. The Bertz CT molecular complexity index is 236. The first-order valence-corrected chi connectivity index (χ1v) is 5.28. The second-order valence-corrected chi connectivity index (χ2v) is 2.93. The van der Waals surface area contributed by atoms with Crippen molar-refractivity contribution in [1.29, 1.82) is 0 Å². The number of nitrogen functional groups attached to an aromatic ring is 1. The van der Waals surface area contributed by atoms with Crippen molar-refractivity contribution in [3.8, 4) is 0 Å². The minimum Gasteiger partial charge on any atom is -0.399 e. The van der Waals surface area contributed by atoms with Crippen LogP contribution in [0.5, 0.6) is 0 Å². The lowest BCUT2D eigenvalue weighted by Gasteiger charge is -2.00. The highest BCUT2D eigenvalue weighted by atomic mass is 16.2. The van der Waals surface area contributed by atoms with Gasteiger partial charge in [-0.15, -0.1) is 0 Å². The summed E-state index contributed by atoms with van der Waals surface area (Å²) >= 11 is 0. The summed E-state index contributed by atoms with van der Waals surface area (Å²) in [4.78, 5) is 0. The molecule has 14 heavy (non-hydrogen) atoms. The summed E-state index contributed by atoms with van der Waals surface area (Å²) in [5.74, 6) is 0. The molecule has 0 atom stereocenters. The number of hydrogen-bond donors (Lipinski definition) is 2. The van der Waals surface area contributed by atoms with Crippen LogP contribution in [0.25, 0.3) is 0 Å². The molecule has 0 saturated heterocycles. The van der Waals surface area contributed by atoms with Gasteiger partial charge in [-0.05, 0) is 37.0 Å². The molecule has 0 aliphatic heterocycles. The van der Waals surface area contributed by atoms with Gasteiger partial charge in [0.1, 0.15) is 0 Å². The van der Waals surface area contributed by atoms with Crippen LogP contribution < -0.4 is 5.73 Å². The number of rotatable bonds is 4. The number of nitrogens with two attached hydrogens (primary N) is 1. The molecule has 0 saturated carbocycles. The molecule has 0 amide bonds. The largest absolute Gasteiger partial charge is 0.399 e. The smallest absolute Gasteiger partial charge is 0.0431 e. The number of benzene rings is 1. The summed E-state index contributed by atoms with van der Waals surface area (Å²) in [6.45, 7) is 4.28. The number of aryl methyl sites for hydroxylation is 1. The quantitative estimate of drug-likeness (QED) is 0.573. The van der Waals surface area contributed by atoms with Gasteiger partial charge >= 0.3 is 0 Å². The van der Waals surface area contributed by atoms with Gasteiger partial charge in [0.15, 0.2) is 0 Å². The van der Waals surface area contributed by atoms with Gasteiger partial charge in [-0.1, -0.05) is 26.0 Å². The Balaban J connectivity index is 0.000000791. The summed E-state index contributed by atoms with van der Waals surface area (Å²) in [5.41, 5.74) is 7.68. The van der Waals surface area contributed by atoms with E-state index in [4.69, 9.17) is 10.8 Å². The van der Waals surface area contributed by atoms with E-state index in [0.29, 0.717) is 0 Å². The molecule has 0 heterocycles. The maximum absolute atomic E-state index is 8.57. The van der Waals surface area contributed by atoms with Gasteiger partial charge in [0.25, 0.3) is 0 Å². The Hall–Kier alpha value is -1.02. The van der Waals surface area contributed by atoms with Crippen molar-refractivity contribution in [2.45, 2.75) is 33.1 Å². The van der Waals surface area contributed by atoms with Crippen molar-refractivity contribution < 1.29 is 5.11 Å². The van der Waals surface area contributed by atoms with Crippen LogP contribution >= 0.6 is 0 Å². The molecule has 0 radical (unpaired) electrons. The third kappa shape index (κ3) is 5.60. The lowest BCUT2D eigenvalue weighted by Crippen LogP contribution is -1.90. The SMILES string of the molecule is CC.Nc1cccc(CCCCO)c1. The first kappa shape index (κ1) is 13.0. The highest BCUT2D eigenvalue weighted by molar-refractivity contribution is 5.40. The van der Waals surface area contributed by atoms with Crippen LogP contribution in [0.15, 0.2) is 24.3 Å². The summed E-state index contributed by atoms with van der Waals surface area (Å²) in [6.07, 6.45) is 2.90. The summed E-state index contributed by atoms with van der Waals surface area (Å²) < 4.78 is 0. The molecule has 0 spiro atoms. The van der Waals surface area contributed by atoms with Gasteiger partial charge in [0.05, 0.1) is 0 Å². The molecule has 3 N–H and O–H groups in total. The maximum atomic E-state index is 8.57. The molecule has 2 heteroatoms. The predicted octanol–water partition coefficient (Wildman–Crippen LogP) is 2.61. The van der Waals surface area contributed by atoms with E-state index >= 15 is 0 Å². The monoisotopic (exact) mass is 195 g/mol. The highest BCUT2D eigenvalue weighted by Gasteiger charge is 1.92. The molecule has 0 bridgehead atoms. The van der Waals surface area contributed by atoms with Crippen molar-refractivity contribution in [3.05, 3.63) is 29.8 Å². The molecule has 0 unspecified atom stereocenters. The van der Waals surface area contributed by atoms with E-state index in [1.54, 1.807) is 0 Å². The van der Waals surface area contributed by atoms with Crippen LogP contribution in [0, 0.1) is 0 Å². The Morgan fingerprint density at radius 2 is 1.93 bits per heavy atom. The Morgan fingerprint density at radius 3 is 2.50 bits per heavy atom.